The smallest absolute Gasteiger partial charge is 0.175 e. The number of rotatable bonds is 4. The second kappa shape index (κ2) is 5.80. The molecule has 2 rings (SSSR count). The molecule has 2 aromatic rings. The molecule has 0 bridgehead atoms. The van der Waals surface area contributed by atoms with Crippen molar-refractivity contribution in [1.82, 2.24) is 0 Å². The molecular formula is C17H20O2S. The Morgan fingerprint density at radius 1 is 0.950 bits per heavy atom. The fourth-order valence-corrected chi connectivity index (χ4v) is 3.19. The van der Waals surface area contributed by atoms with E-state index >= 15 is 0 Å². The van der Waals surface area contributed by atoms with Gasteiger partial charge in [-0.05, 0) is 35.1 Å². The average molecular weight is 288 g/mol. The summed E-state index contributed by atoms with van der Waals surface area (Å²) < 4.78 is 23.6. The van der Waals surface area contributed by atoms with E-state index in [9.17, 15) is 8.42 Å². The van der Waals surface area contributed by atoms with Gasteiger partial charge in [-0.25, -0.2) is 8.42 Å². The minimum atomic E-state index is -3.18. The van der Waals surface area contributed by atoms with Crippen LogP contribution in [0, 0.1) is 0 Å². The summed E-state index contributed by atoms with van der Waals surface area (Å²) in [5.74, 6) is 0.507. The van der Waals surface area contributed by atoms with Gasteiger partial charge in [-0.3, -0.25) is 0 Å². The van der Waals surface area contributed by atoms with Crippen molar-refractivity contribution in [2.75, 3.05) is 6.26 Å². The van der Waals surface area contributed by atoms with Crippen molar-refractivity contribution in [2.45, 2.75) is 31.1 Å². The van der Waals surface area contributed by atoms with E-state index in [-0.39, 0.29) is 0 Å². The molecule has 106 valence electrons. The lowest BCUT2D eigenvalue weighted by atomic mass is 9.99. The van der Waals surface area contributed by atoms with Gasteiger partial charge in [-0.1, -0.05) is 56.3 Å². The van der Waals surface area contributed by atoms with E-state index in [4.69, 9.17) is 0 Å². The molecule has 3 heteroatoms. The Morgan fingerprint density at radius 3 is 2.10 bits per heavy atom. The van der Waals surface area contributed by atoms with Crippen LogP contribution >= 0.6 is 0 Å². The van der Waals surface area contributed by atoms with Crippen molar-refractivity contribution in [1.29, 1.82) is 0 Å². The van der Waals surface area contributed by atoms with Gasteiger partial charge in [0, 0.05) is 6.26 Å². The van der Waals surface area contributed by atoms with Crippen molar-refractivity contribution < 1.29 is 8.42 Å². The lowest BCUT2D eigenvalue weighted by Crippen LogP contribution is -2.03. The third-order valence-electron chi connectivity index (χ3n) is 3.41. The highest BCUT2D eigenvalue weighted by atomic mass is 32.2. The van der Waals surface area contributed by atoms with Gasteiger partial charge in [-0.2, -0.15) is 0 Å². The van der Waals surface area contributed by atoms with Crippen LogP contribution in [0.3, 0.4) is 0 Å². The third-order valence-corrected chi connectivity index (χ3v) is 4.61. The maximum Gasteiger partial charge on any atom is 0.175 e. The molecule has 0 radical (unpaired) electrons. The standard InChI is InChI=1S/C17H20O2S/c1-13(2)15-10-8-14(9-11-15)12-16-6-4-5-7-17(16)20(3,18)19/h4-11,13H,12H2,1-3H3. The zero-order chi connectivity index (χ0) is 14.8. The van der Waals surface area contributed by atoms with E-state index in [1.807, 2.05) is 12.1 Å². The molecule has 0 saturated carbocycles. The van der Waals surface area contributed by atoms with Crippen molar-refractivity contribution in [3.8, 4) is 0 Å². The van der Waals surface area contributed by atoms with Gasteiger partial charge >= 0.3 is 0 Å². The SMILES string of the molecule is CC(C)c1ccc(Cc2ccccc2S(C)(=O)=O)cc1. The molecule has 0 N–H and O–H groups in total. The highest BCUT2D eigenvalue weighted by molar-refractivity contribution is 7.90. The van der Waals surface area contributed by atoms with Crippen LogP contribution in [0.4, 0.5) is 0 Å². The Morgan fingerprint density at radius 2 is 1.55 bits per heavy atom. The first-order valence-electron chi connectivity index (χ1n) is 6.74. The van der Waals surface area contributed by atoms with Crippen LogP contribution in [0.15, 0.2) is 53.4 Å². The summed E-state index contributed by atoms with van der Waals surface area (Å²) in [7, 11) is -3.18. The summed E-state index contributed by atoms with van der Waals surface area (Å²) in [5.41, 5.74) is 3.28. The summed E-state index contributed by atoms with van der Waals surface area (Å²) in [5, 5.41) is 0. The summed E-state index contributed by atoms with van der Waals surface area (Å²) in [6, 6.07) is 15.6. The molecule has 2 nitrogen and oxygen atoms in total. The molecule has 0 saturated heterocycles. The summed E-state index contributed by atoms with van der Waals surface area (Å²) in [4.78, 5) is 0.424. The Balaban J connectivity index is 2.31. The molecule has 0 aliphatic carbocycles. The lowest BCUT2D eigenvalue weighted by Gasteiger charge is -2.09. The minimum absolute atomic E-state index is 0.424. The van der Waals surface area contributed by atoms with Gasteiger partial charge in [0.25, 0.3) is 0 Å². The van der Waals surface area contributed by atoms with Crippen molar-refractivity contribution in [2.24, 2.45) is 0 Å². The Bertz CT molecular complexity index is 683. The van der Waals surface area contributed by atoms with Crippen molar-refractivity contribution >= 4 is 9.84 Å². The van der Waals surface area contributed by atoms with E-state index in [1.54, 1.807) is 12.1 Å². The summed E-state index contributed by atoms with van der Waals surface area (Å²) >= 11 is 0. The van der Waals surface area contributed by atoms with E-state index in [0.29, 0.717) is 17.2 Å². The first kappa shape index (κ1) is 14.8. The summed E-state index contributed by atoms with van der Waals surface area (Å²) in [6.07, 6.45) is 1.90. The Kier molecular flexibility index (Phi) is 4.29. The zero-order valence-corrected chi connectivity index (χ0v) is 12.9. The van der Waals surface area contributed by atoms with Crippen LogP contribution in [0.2, 0.25) is 0 Å². The van der Waals surface area contributed by atoms with Gasteiger partial charge in [0.05, 0.1) is 4.90 Å². The third kappa shape index (κ3) is 3.48. The molecule has 20 heavy (non-hydrogen) atoms. The number of hydrogen-bond donors (Lipinski definition) is 0. The fourth-order valence-electron chi connectivity index (χ4n) is 2.25. The molecule has 0 fully saturated rings. The molecule has 0 heterocycles. The Hall–Kier alpha value is -1.61. The molecule has 0 atom stereocenters. The molecule has 0 aliphatic heterocycles. The van der Waals surface area contributed by atoms with E-state index in [2.05, 4.69) is 38.1 Å². The minimum Gasteiger partial charge on any atom is -0.224 e. The van der Waals surface area contributed by atoms with Crippen LogP contribution < -0.4 is 0 Å². The van der Waals surface area contributed by atoms with E-state index in [0.717, 1.165) is 11.1 Å². The van der Waals surface area contributed by atoms with Crippen LogP contribution in [-0.2, 0) is 16.3 Å². The van der Waals surface area contributed by atoms with Crippen LogP contribution in [0.25, 0.3) is 0 Å². The van der Waals surface area contributed by atoms with Gasteiger partial charge < -0.3 is 0 Å². The number of sulfone groups is 1. The first-order chi connectivity index (χ1) is 9.38. The van der Waals surface area contributed by atoms with Crippen molar-refractivity contribution in [3.05, 3.63) is 65.2 Å². The topological polar surface area (TPSA) is 34.1 Å². The maximum absolute atomic E-state index is 11.8. The lowest BCUT2D eigenvalue weighted by molar-refractivity contribution is 0.601. The average Bonchev–Trinajstić information content (AvgIpc) is 2.38. The number of hydrogen-bond acceptors (Lipinski definition) is 2. The molecule has 0 aromatic heterocycles. The van der Waals surface area contributed by atoms with E-state index < -0.39 is 9.84 Å². The van der Waals surface area contributed by atoms with E-state index in [1.165, 1.54) is 11.8 Å². The molecule has 0 aliphatic rings. The predicted molar refractivity (Wildman–Crippen MR) is 82.9 cm³/mol. The monoisotopic (exact) mass is 288 g/mol. The maximum atomic E-state index is 11.8. The zero-order valence-electron chi connectivity index (χ0n) is 12.1. The van der Waals surface area contributed by atoms with Gasteiger partial charge in [0.15, 0.2) is 9.84 Å². The summed E-state index contributed by atoms with van der Waals surface area (Å²) in [6.45, 7) is 4.32. The fraction of sp³-hybridized carbons (Fsp3) is 0.294. The second-order valence-corrected chi connectivity index (χ2v) is 7.44. The van der Waals surface area contributed by atoms with Gasteiger partial charge in [-0.15, -0.1) is 0 Å². The molecule has 0 amide bonds. The second-order valence-electron chi connectivity index (χ2n) is 5.45. The first-order valence-corrected chi connectivity index (χ1v) is 8.64. The van der Waals surface area contributed by atoms with Crippen molar-refractivity contribution in [3.63, 3.8) is 0 Å². The quantitative estimate of drug-likeness (QED) is 0.857. The molecule has 0 spiro atoms. The van der Waals surface area contributed by atoms with Crippen LogP contribution in [0.5, 0.6) is 0 Å². The normalized spacial score (nSPS) is 11.8. The highest BCUT2D eigenvalue weighted by Crippen LogP contribution is 2.21. The Labute approximate surface area is 121 Å². The van der Waals surface area contributed by atoms with Gasteiger partial charge in [0.1, 0.15) is 0 Å². The number of benzene rings is 2. The predicted octanol–water partition coefficient (Wildman–Crippen LogP) is 3.80. The molecule has 2 aromatic carbocycles. The highest BCUT2D eigenvalue weighted by Gasteiger charge is 2.12. The van der Waals surface area contributed by atoms with Crippen LogP contribution in [-0.4, -0.2) is 14.7 Å². The van der Waals surface area contributed by atoms with Gasteiger partial charge in [0.2, 0.25) is 0 Å². The molecule has 0 unspecified atom stereocenters. The largest absolute Gasteiger partial charge is 0.224 e. The van der Waals surface area contributed by atoms with Crippen LogP contribution in [0.1, 0.15) is 36.5 Å². The molecular weight excluding hydrogens is 268 g/mol.